The molecule has 166 valence electrons. The molecule has 8 heteroatoms. The molecular weight excluding hydrogens is 446 g/mol. The van der Waals surface area contributed by atoms with Gasteiger partial charge in [0.25, 0.3) is 0 Å². The van der Waals surface area contributed by atoms with Gasteiger partial charge in [-0.15, -0.1) is 0 Å². The van der Waals surface area contributed by atoms with Crippen molar-refractivity contribution in [1.82, 2.24) is 0 Å². The van der Waals surface area contributed by atoms with Crippen molar-refractivity contribution < 1.29 is 26.7 Å². The summed E-state index contributed by atoms with van der Waals surface area (Å²) < 4.78 is 68.3. The molecule has 0 amide bonds. The van der Waals surface area contributed by atoms with Crippen LogP contribution in [0.3, 0.4) is 0 Å². The Morgan fingerprint density at radius 1 is 1.06 bits per heavy atom. The number of benzene rings is 2. The molecule has 2 aromatic carbocycles. The van der Waals surface area contributed by atoms with Gasteiger partial charge in [-0.1, -0.05) is 11.6 Å². The standard InChI is InChI=1S/C23H23ClF2O4S/c24-15-5-7-16(8-6-15)31(27,28)23-11-1-2-20(29-12-14-3-4-14)17(23)13-30-22-19(26)10-9-18(25)21(22)23/h5-10,14,17,20H,1-4,11-13H2/t17-,20+,23-/m0/s1. The molecule has 3 atom stereocenters. The zero-order valence-electron chi connectivity index (χ0n) is 16.8. The van der Waals surface area contributed by atoms with Crippen LogP contribution in [0.15, 0.2) is 41.3 Å². The van der Waals surface area contributed by atoms with Gasteiger partial charge in [0.1, 0.15) is 10.6 Å². The van der Waals surface area contributed by atoms with E-state index in [2.05, 4.69) is 0 Å². The Morgan fingerprint density at radius 3 is 2.48 bits per heavy atom. The highest BCUT2D eigenvalue weighted by atomic mass is 35.5. The van der Waals surface area contributed by atoms with Crippen LogP contribution < -0.4 is 4.74 Å². The number of sulfone groups is 1. The smallest absolute Gasteiger partial charge is 0.188 e. The third-order valence-corrected chi connectivity index (χ3v) is 9.63. The van der Waals surface area contributed by atoms with E-state index in [1.807, 2.05) is 0 Å². The maximum Gasteiger partial charge on any atom is 0.188 e. The maximum atomic E-state index is 15.3. The summed E-state index contributed by atoms with van der Waals surface area (Å²) in [6.07, 6.45) is 3.14. The lowest BCUT2D eigenvalue weighted by Gasteiger charge is -2.50. The second kappa shape index (κ2) is 7.71. The van der Waals surface area contributed by atoms with Crippen LogP contribution >= 0.6 is 11.6 Å². The van der Waals surface area contributed by atoms with Crippen molar-refractivity contribution in [2.24, 2.45) is 11.8 Å². The van der Waals surface area contributed by atoms with Gasteiger partial charge < -0.3 is 9.47 Å². The van der Waals surface area contributed by atoms with E-state index in [4.69, 9.17) is 21.1 Å². The van der Waals surface area contributed by atoms with Crippen LogP contribution in [0.4, 0.5) is 8.78 Å². The largest absolute Gasteiger partial charge is 0.490 e. The molecule has 2 aliphatic carbocycles. The summed E-state index contributed by atoms with van der Waals surface area (Å²) >= 11 is 5.97. The van der Waals surface area contributed by atoms with Crippen molar-refractivity contribution in [2.45, 2.75) is 47.9 Å². The van der Waals surface area contributed by atoms with Gasteiger partial charge >= 0.3 is 0 Å². The van der Waals surface area contributed by atoms with Gasteiger partial charge in [0.05, 0.1) is 23.2 Å². The van der Waals surface area contributed by atoms with Crippen LogP contribution in [0.5, 0.6) is 5.75 Å². The molecule has 1 aliphatic heterocycles. The van der Waals surface area contributed by atoms with Crippen LogP contribution in [0.2, 0.25) is 5.02 Å². The minimum Gasteiger partial charge on any atom is -0.490 e. The first-order valence-corrected chi connectivity index (χ1v) is 12.4. The molecule has 31 heavy (non-hydrogen) atoms. The Kier molecular flexibility index (Phi) is 5.26. The SMILES string of the molecule is O=S(=O)(c1ccc(Cl)cc1)[C@@]12CCC[C@@H](OCC3CC3)[C@@H]1COc1c(F)ccc(F)c12. The molecule has 1 heterocycles. The third-order valence-electron chi connectivity index (χ3n) is 6.82. The topological polar surface area (TPSA) is 52.6 Å². The summed E-state index contributed by atoms with van der Waals surface area (Å²) in [5, 5.41) is 0.395. The molecule has 0 saturated heterocycles. The molecule has 2 saturated carbocycles. The van der Waals surface area contributed by atoms with E-state index in [1.54, 1.807) is 0 Å². The maximum absolute atomic E-state index is 15.3. The van der Waals surface area contributed by atoms with Gasteiger partial charge in [0.2, 0.25) is 0 Å². The van der Waals surface area contributed by atoms with E-state index < -0.39 is 38.2 Å². The van der Waals surface area contributed by atoms with Crippen molar-refractivity contribution in [1.29, 1.82) is 0 Å². The second-order valence-electron chi connectivity index (χ2n) is 8.71. The van der Waals surface area contributed by atoms with Gasteiger partial charge in [-0.2, -0.15) is 0 Å². The number of hydrogen-bond donors (Lipinski definition) is 0. The number of hydrogen-bond acceptors (Lipinski definition) is 4. The van der Waals surface area contributed by atoms with Crippen LogP contribution in [-0.2, 0) is 19.3 Å². The molecule has 0 aromatic heterocycles. The van der Waals surface area contributed by atoms with Gasteiger partial charge in [-0.25, -0.2) is 17.2 Å². The first-order chi connectivity index (χ1) is 14.8. The molecule has 5 rings (SSSR count). The van der Waals surface area contributed by atoms with Crippen LogP contribution in [-0.4, -0.2) is 27.7 Å². The first kappa shape index (κ1) is 21.2. The van der Waals surface area contributed by atoms with Gasteiger partial charge in [0.15, 0.2) is 21.4 Å². The van der Waals surface area contributed by atoms with E-state index in [-0.39, 0.29) is 29.2 Å². The Hall–Kier alpha value is -1.70. The first-order valence-electron chi connectivity index (χ1n) is 10.6. The summed E-state index contributed by atoms with van der Waals surface area (Å²) in [5.74, 6) is -2.00. The van der Waals surface area contributed by atoms with E-state index in [1.165, 1.54) is 24.3 Å². The predicted molar refractivity (Wildman–Crippen MR) is 112 cm³/mol. The lowest BCUT2D eigenvalue weighted by molar-refractivity contribution is -0.0547. The monoisotopic (exact) mass is 468 g/mol. The Labute approximate surface area is 185 Å². The molecule has 0 N–H and O–H groups in total. The normalized spacial score (nSPS) is 27.8. The number of rotatable bonds is 5. The summed E-state index contributed by atoms with van der Waals surface area (Å²) in [5.41, 5.74) is -0.210. The molecule has 3 aliphatic rings. The van der Waals surface area contributed by atoms with E-state index in [9.17, 15) is 12.8 Å². The Bertz CT molecular complexity index is 1100. The predicted octanol–water partition coefficient (Wildman–Crippen LogP) is 5.28. The lowest BCUT2D eigenvalue weighted by Crippen LogP contribution is -2.56. The van der Waals surface area contributed by atoms with Crippen molar-refractivity contribution in [3.05, 3.63) is 58.6 Å². The van der Waals surface area contributed by atoms with Crippen molar-refractivity contribution in [2.75, 3.05) is 13.2 Å². The summed E-state index contributed by atoms with van der Waals surface area (Å²) in [4.78, 5) is 0.0289. The average Bonchev–Trinajstić information content (AvgIpc) is 3.59. The molecule has 0 unspecified atom stereocenters. The molecule has 2 aromatic rings. The fraction of sp³-hybridized carbons (Fsp3) is 0.478. The Balaban J connectivity index is 1.70. The van der Waals surface area contributed by atoms with Crippen molar-refractivity contribution >= 4 is 21.4 Å². The molecule has 0 radical (unpaired) electrons. The summed E-state index contributed by atoms with van der Waals surface area (Å²) in [6.45, 7) is 0.506. The van der Waals surface area contributed by atoms with E-state index in [0.717, 1.165) is 25.0 Å². The van der Waals surface area contributed by atoms with Crippen molar-refractivity contribution in [3.63, 3.8) is 0 Å². The average molecular weight is 469 g/mol. The highest BCUT2D eigenvalue weighted by Gasteiger charge is 2.61. The molecule has 4 nitrogen and oxygen atoms in total. The van der Waals surface area contributed by atoms with Crippen molar-refractivity contribution in [3.8, 4) is 5.75 Å². The van der Waals surface area contributed by atoms with Crippen LogP contribution in [0.1, 0.15) is 37.7 Å². The molecule has 0 spiro atoms. The highest BCUT2D eigenvalue weighted by Crippen LogP contribution is 2.57. The van der Waals surface area contributed by atoms with Gasteiger partial charge in [-0.05, 0) is 74.4 Å². The third kappa shape index (κ3) is 3.36. The highest BCUT2D eigenvalue weighted by molar-refractivity contribution is 7.92. The molecular formula is C23H23ClF2O4S. The lowest BCUT2D eigenvalue weighted by atomic mass is 9.71. The fourth-order valence-electron chi connectivity index (χ4n) is 5.08. The number of halogens is 3. The Morgan fingerprint density at radius 2 is 1.77 bits per heavy atom. The zero-order chi connectivity index (χ0) is 21.8. The molecule has 2 fully saturated rings. The fourth-order valence-corrected chi connectivity index (χ4v) is 7.61. The van der Waals surface area contributed by atoms with E-state index in [0.29, 0.717) is 30.4 Å². The summed E-state index contributed by atoms with van der Waals surface area (Å²) in [6, 6.07) is 7.78. The minimum absolute atomic E-state index is 0.0289. The van der Waals surface area contributed by atoms with Gasteiger partial charge in [0, 0.05) is 17.5 Å². The van der Waals surface area contributed by atoms with Gasteiger partial charge in [-0.3, -0.25) is 0 Å². The van der Waals surface area contributed by atoms with Crippen LogP contribution in [0, 0.1) is 23.5 Å². The molecule has 0 bridgehead atoms. The summed E-state index contributed by atoms with van der Waals surface area (Å²) in [7, 11) is -4.13. The minimum atomic E-state index is -4.13. The zero-order valence-corrected chi connectivity index (χ0v) is 18.4. The van der Waals surface area contributed by atoms with E-state index >= 15 is 4.39 Å². The number of fused-ring (bicyclic) bond motifs is 3. The second-order valence-corrected chi connectivity index (χ2v) is 11.3. The number of ether oxygens (including phenoxy) is 2. The quantitative estimate of drug-likeness (QED) is 0.599. The van der Waals surface area contributed by atoms with Crippen LogP contribution in [0.25, 0.3) is 0 Å².